The summed E-state index contributed by atoms with van der Waals surface area (Å²) in [5.41, 5.74) is 0. The average molecular weight is 289 g/mol. The fourth-order valence-electron chi connectivity index (χ4n) is 0.274. The van der Waals surface area contributed by atoms with E-state index in [0.717, 1.165) is 0 Å². The van der Waals surface area contributed by atoms with Gasteiger partial charge in [0.2, 0.25) is 0 Å². The van der Waals surface area contributed by atoms with Gasteiger partial charge in [0, 0.05) is 6.42 Å². The summed E-state index contributed by atoms with van der Waals surface area (Å²) in [7, 11) is 0. The van der Waals surface area contributed by atoms with Crippen molar-refractivity contribution in [3.05, 3.63) is 0 Å². The van der Waals surface area contributed by atoms with Crippen LogP contribution in [0.2, 0.25) is 0 Å². The molecule has 1 unspecified atom stereocenters. The summed E-state index contributed by atoms with van der Waals surface area (Å²) < 4.78 is -1.33. The van der Waals surface area contributed by atoms with Gasteiger partial charge in [0.05, 0.1) is 0 Å². The summed E-state index contributed by atoms with van der Waals surface area (Å²) in [5.74, 6) is 0. The van der Waals surface area contributed by atoms with Crippen LogP contribution in [0, 0.1) is 0 Å². The molecule has 60 valence electrons. The minimum absolute atomic E-state index is 0.0694. The molecule has 0 saturated carbocycles. The van der Waals surface area contributed by atoms with E-state index in [1.54, 1.807) is 0 Å². The van der Waals surface area contributed by atoms with Gasteiger partial charge in [0.25, 0.3) is 5.24 Å². The van der Waals surface area contributed by atoms with Crippen molar-refractivity contribution in [3.63, 3.8) is 0 Å². The molecule has 0 fully saturated rings. The van der Waals surface area contributed by atoms with Crippen LogP contribution in [0.25, 0.3) is 0 Å². The van der Waals surface area contributed by atoms with Crippen LogP contribution in [0.1, 0.15) is 6.42 Å². The molecule has 0 radical (unpaired) electrons. The van der Waals surface area contributed by atoms with E-state index in [1.807, 2.05) is 0 Å². The molecule has 10 heavy (non-hydrogen) atoms. The van der Waals surface area contributed by atoms with E-state index in [2.05, 4.69) is 15.9 Å². The minimum Gasteiger partial charge on any atom is -0.278 e. The lowest BCUT2D eigenvalue weighted by atomic mass is 10.3. The molecule has 0 amide bonds. The molecule has 1 nitrogen and oxygen atoms in total. The van der Waals surface area contributed by atoms with Crippen molar-refractivity contribution in [3.8, 4) is 0 Å². The summed E-state index contributed by atoms with van der Waals surface area (Å²) in [4.78, 5) is 9.76. The molecule has 0 rings (SSSR count). The van der Waals surface area contributed by atoms with Crippen molar-refractivity contribution in [2.75, 3.05) is 0 Å². The van der Waals surface area contributed by atoms with Gasteiger partial charge in [-0.3, -0.25) is 4.79 Å². The zero-order chi connectivity index (χ0) is 8.36. The molecule has 0 aromatic heterocycles. The highest BCUT2D eigenvalue weighted by molar-refractivity contribution is 9.10. The van der Waals surface area contributed by atoms with Crippen LogP contribution in [0.3, 0.4) is 0 Å². The number of carbonyl (C=O) groups is 1. The third kappa shape index (κ3) is 4.24. The van der Waals surface area contributed by atoms with Crippen LogP contribution >= 0.6 is 62.3 Å². The molecule has 0 aromatic rings. The third-order valence-corrected chi connectivity index (χ3v) is 2.66. The van der Waals surface area contributed by atoms with Gasteiger partial charge in [-0.05, 0) is 11.6 Å². The summed E-state index contributed by atoms with van der Waals surface area (Å²) in [6, 6.07) is 0. The Morgan fingerprint density at radius 1 is 1.60 bits per heavy atom. The summed E-state index contributed by atoms with van der Waals surface area (Å²) >= 11 is 24.2. The predicted octanol–water partition coefficient (Wildman–Crippen LogP) is 3.28. The maximum Gasteiger partial charge on any atom is 0.253 e. The lowest BCUT2D eigenvalue weighted by Gasteiger charge is -2.14. The fourth-order valence-corrected chi connectivity index (χ4v) is 1.82. The highest BCUT2D eigenvalue weighted by Gasteiger charge is 2.33. The fraction of sp³-hybridized carbons (Fsp3) is 0.750. The van der Waals surface area contributed by atoms with Gasteiger partial charge in [-0.25, -0.2) is 0 Å². The van der Waals surface area contributed by atoms with Crippen LogP contribution in [-0.4, -0.2) is 13.9 Å². The Bertz CT molecular complexity index is 135. The first kappa shape index (κ1) is 11.3. The Morgan fingerprint density at radius 3 is 2.10 bits per heavy atom. The molecular formula is C4H3BrCl4O. The first-order valence-corrected chi connectivity index (χ1v) is 4.64. The monoisotopic (exact) mass is 286 g/mol. The molecular weight excluding hydrogens is 286 g/mol. The van der Waals surface area contributed by atoms with Crippen molar-refractivity contribution in [2.24, 2.45) is 0 Å². The van der Waals surface area contributed by atoms with Crippen LogP contribution in [0.15, 0.2) is 0 Å². The van der Waals surface area contributed by atoms with Crippen molar-refractivity contribution < 1.29 is 4.79 Å². The molecule has 6 heteroatoms. The lowest BCUT2D eigenvalue weighted by molar-refractivity contribution is -0.112. The van der Waals surface area contributed by atoms with Crippen LogP contribution in [0.5, 0.6) is 0 Å². The van der Waals surface area contributed by atoms with E-state index in [1.165, 1.54) is 0 Å². The molecule has 0 aliphatic heterocycles. The van der Waals surface area contributed by atoms with Gasteiger partial charge in [0.15, 0.2) is 3.78 Å². The predicted molar refractivity (Wildman–Crippen MR) is 48.5 cm³/mol. The number of hydrogen-bond acceptors (Lipinski definition) is 1. The Kier molecular flexibility index (Phi) is 4.94. The maximum absolute atomic E-state index is 10.5. The highest BCUT2D eigenvalue weighted by atomic mass is 79.9. The molecule has 0 aliphatic rings. The van der Waals surface area contributed by atoms with E-state index in [9.17, 15) is 4.79 Å². The molecule has 0 saturated heterocycles. The first-order chi connectivity index (χ1) is 4.36. The Labute approximate surface area is 87.1 Å². The smallest absolute Gasteiger partial charge is 0.253 e. The number of rotatable bonds is 3. The van der Waals surface area contributed by atoms with Gasteiger partial charge >= 0.3 is 0 Å². The second kappa shape index (κ2) is 4.36. The van der Waals surface area contributed by atoms with E-state index >= 15 is 0 Å². The SMILES string of the molecule is O=C(Cl)C(Cl)(Br)CC(Cl)Cl. The van der Waals surface area contributed by atoms with E-state index < -0.39 is 13.9 Å². The van der Waals surface area contributed by atoms with Crippen molar-refractivity contribution >= 4 is 67.6 Å². The molecule has 0 heterocycles. The van der Waals surface area contributed by atoms with Crippen LogP contribution in [0.4, 0.5) is 0 Å². The van der Waals surface area contributed by atoms with Crippen LogP contribution in [-0.2, 0) is 4.79 Å². The summed E-state index contributed by atoms with van der Waals surface area (Å²) in [6.45, 7) is 0. The maximum atomic E-state index is 10.5. The van der Waals surface area contributed by atoms with Crippen molar-refractivity contribution in [1.29, 1.82) is 0 Å². The summed E-state index contributed by atoms with van der Waals surface area (Å²) in [5, 5.41) is -0.722. The van der Waals surface area contributed by atoms with Crippen molar-refractivity contribution in [2.45, 2.75) is 15.0 Å². The number of alkyl halides is 4. The standard InChI is InChI=1S/C4H3BrCl4O/c5-4(9,3(8)10)1-2(6)7/h2H,1H2. The van der Waals surface area contributed by atoms with Gasteiger partial charge in [-0.1, -0.05) is 27.5 Å². The molecule has 0 bridgehead atoms. The molecule has 0 aromatic carbocycles. The average Bonchev–Trinajstić information content (AvgIpc) is 1.60. The first-order valence-electron chi connectivity index (χ1n) is 2.22. The molecule has 0 spiro atoms. The van der Waals surface area contributed by atoms with Gasteiger partial charge in [-0.15, -0.1) is 23.2 Å². The zero-order valence-corrected chi connectivity index (χ0v) is 9.19. The quantitative estimate of drug-likeness (QED) is 0.575. The van der Waals surface area contributed by atoms with Crippen molar-refractivity contribution in [1.82, 2.24) is 0 Å². The number of carbonyl (C=O) groups excluding carboxylic acids is 1. The van der Waals surface area contributed by atoms with Gasteiger partial charge in [-0.2, -0.15) is 0 Å². The molecule has 0 N–H and O–H groups in total. The molecule has 0 aliphatic carbocycles. The number of halogens is 5. The van der Waals surface area contributed by atoms with Gasteiger partial charge < -0.3 is 0 Å². The highest BCUT2D eigenvalue weighted by Crippen LogP contribution is 2.34. The second-order valence-electron chi connectivity index (χ2n) is 1.57. The zero-order valence-electron chi connectivity index (χ0n) is 4.58. The Balaban J connectivity index is 4.00. The third-order valence-electron chi connectivity index (χ3n) is 0.698. The Morgan fingerprint density at radius 2 is 2.00 bits per heavy atom. The van der Waals surface area contributed by atoms with Crippen LogP contribution < -0.4 is 0 Å². The summed E-state index contributed by atoms with van der Waals surface area (Å²) in [6.07, 6.45) is 0.0694. The normalized spacial score (nSPS) is 17.0. The van der Waals surface area contributed by atoms with E-state index in [4.69, 9.17) is 46.4 Å². The minimum atomic E-state index is -1.33. The number of hydrogen-bond donors (Lipinski definition) is 0. The second-order valence-corrected chi connectivity index (χ2v) is 5.65. The van der Waals surface area contributed by atoms with E-state index in [-0.39, 0.29) is 6.42 Å². The molecule has 1 atom stereocenters. The Hall–Kier alpha value is 1.31. The lowest BCUT2D eigenvalue weighted by Crippen LogP contribution is -2.22. The largest absolute Gasteiger partial charge is 0.278 e. The van der Waals surface area contributed by atoms with E-state index in [0.29, 0.717) is 0 Å². The van der Waals surface area contributed by atoms with Gasteiger partial charge in [0.1, 0.15) is 4.84 Å². The topological polar surface area (TPSA) is 17.1 Å².